The summed E-state index contributed by atoms with van der Waals surface area (Å²) in [5.41, 5.74) is 2.40. The minimum Gasteiger partial charge on any atom is -0.444 e. The van der Waals surface area contributed by atoms with Crippen LogP contribution in [0.15, 0.2) is 42.9 Å². The van der Waals surface area contributed by atoms with Crippen molar-refractivity contribution in [3.8, 4) is 11.3 Å². The van der Waals surface area contributed by atoms with Gasteiger partial charge in [0.15, 0.2) is 0 Å². The van der Waals surface area contributed by atoms with Crippen LogP contribution in [0.1, 0.15) is 40.2 Å². The van der Waals surface area contributed by atoms with E-state index in [1.165, 1.54) is 6.33 Å². The monoisotopic (exact) mass is 315 g/mol. The van der Waals surface area contributed by atoms with Crippen LogP contribution in [0.25, 0.3) is 11.3 Å². The normalized spacial score (nSPS) is 10.3. The second-order valence-corrected chi connectivity index (χ2v) is 5.65. The van der Waals surface area contributed by atoms with Crippen LogP contribution >= 0.6 is 0 Å². The Bertz CT molecular complexity index is 590. The van der Waals surface area contributed by atoms with Gasteiger partial charge in [-0.05, 0) is 32.4 Å². The summed E-state index contributed by atoms with van der Waals surface area (Å²) in [7, 11) is 0. The van der Waals surface area contributed by atoms with Crippen LogP contribution in [0, 0.1) is 0 Å². The molecule has 1 amide bonds. The number of hydrogen-bond donors (Lipinski definition) is 1. The number of carbonyl (C=O) groups is 1. The molecule has 0 radical (unpaired) electrons. The lowest BCUT2D eigenvalue weighted by atomic mass is 10.1. The van der Waals surface area contributed by atoms with E-state index in [0.29, 0.717) is 6.54 Å². The Morgan fingerprint density at radius 3 is 2.30 bits per heavy atom. The van der Waals surface area contributed by atoms with E-state index >= 15 is 0 Å². The molecule has 124 valence electrons. The number of amides is 1. The van der Waals surface area contributed by atoms with Crippen molar-refractivity contribution in [1.29, 1.82) is 0 Å². The van der Waals surface area contributed by atoms with Crippen molar-refractivity contribution in [2.24, 2.45) is 0 Å². The topological polar surface area (TPSA) is 64.1 Å². The smallest absolute Gasteiger partial charge is 0.407 e. The maximum atomic E-state index is 11.6. The molecule has 1 aromatic carbocycles. The number of ether oxygens (including phenoxy) is 1. The number of nitrogens with one attached hydrogen (secondary N) is 1. The molecule has 0 aliphatic heterocycles. The summed E-state index contributed by atoms with van der Waals surface area (Å²) >= 11 is 0. The van der Waals surface area contributed by atoms with Crippen molar-refractivity contribution >= 4 is 6.09 Å². The van der Waals surface area contributed by atoms with Crippen LogP contribution in [0.3, 0.4) is 0 Å². The molecule has 2 rings (SSSR count). The highest BCUT2D eigenvalue weighted by Crippen LogP contribution is 2.16. The lowest BCUT2D eigenvalue weighted by Crippen LogP contribution is -2.32. The number of carbonyl (C=O) groups excluding carboxylic acids is 1. The van der Waals surface area contributed by atoms with Crippen LogP contribution in [0.5, 0.6) is 0 Å². The summed E-state index contributed by atoms with van der Waals surface area (Å²) in [6.45, 7) is 9.94. The van der Waals surface area contributed by atoms with Crippen LogP contribution in [0.4, 0.5) is 4.79 Å². The zero-order chi connectivity index (χ0) is 17.3. The first-order valence-electron chi connectivity index (χ1n) is 7.76. The van der Waals surface area contributed by atoms with Gasteiger partial charge >= 0.3 is 6.09 Å². The van der Waals surface area contributed by atoms with Gasteiger partial charge in [0, 0.05) is 18.3 Å². The molecule has 5 heteroatoms. The summed E-state index contributed by atoms with van der Waals surface area (Å²) in [6, 6.07) is 9.69. The molecule has 0 spiro atoms. The summed E-state index contributed by atoms with van der Waals surface area (Å²) < 4.78 is 5.19. The molecule has 0 fully saturated rings. The average Bonchev–Trinajstić information content (AvgIpc) is 2.55. The second kappa shape index (κ2) is 8.88. The SMILES string of the molecule is CC.CC(C)(C)OC(=O)NCc1ccc(-c2ccncn2)cc1. The molecule has 1 N–H and O–H groups in total. The van der Waals surface area contributed by atoms with Gasteiger partial charge < -0.3 is 10.1 Å². The predicted octanol–water partition coefficient (Wildman–Crippen LogP) is 4.19. The first-order chi connectivity index (χ1) is 10.9. The number of nitrogens with zero attached hydrogens (tertiary/aromatic N) is 2. The summed E-state index contributed by atoms with van der Waals surface area (Å²) in [6.07, 6.45) is 2.82. The zero-order valence-corrected chi connectivity index (χ0v) is 14.5. The number of benzene rings is 1. The molecule has 1 aromatic heterocycles. The predicted molar refractivity (Wildman–Crippen MR) is 91.9 cm³/mol. The van der Waals surface area contributed by atoms with Crippen molar-refractivity contribution in [2.45, 2.75) is 46.8 Å². The summed E-state index contributed by atoms with van der Waals surface area (Å²) in [5.74, 6) is 0. The number of rotatable bonds is 3. The van der Waals surface area contributed by atoms with Crippen LogP contribution in [0.2, 0.25) is 0 Å². The molecule has 0 aliphatic carbocycles. The van der Waals surface area contributed by atoms with Gasteiger partial charge in [0.1, 0.15) is 11.9 Å². The fourth-order valence-corrected chi connectivity index (χ4v) is 1.74. The van der Waals surface area contributed by atoms with E-state index in [4.69, 9.17) is 4.74 Å². The average molecular weight is 315 g/mol. The van der Waals surface area contributed by atoms with Crippen LogP contribution in [-0.2, 0) is 11.3 Å². The quantitative estimate of drug-likeness (QED) is 0.922. The Kier molecular flexibility index (Phi) is 7.19. The Morgan fingerprint density at radius 1 is 1.13 bits per heavy atom. The molecule has 5 nitrogen and oxygen atoms in total. The fraction of sp³-hybridized carbons (Fsp3) is 0.389. The molecule has 2 aromatic rings. The van der Waals surface area contributed by atoms with Gasteiger partial charge in [-0.2, -0.15) is 0 Å². The Labute approximate surface area is 138 Å². The summed E-state index contributed by atoms with van der Waals surface area (Å²) in [5, 5.41) is 2.73. The van der Waals surface area contributed by atoms with Gasteiger partial charge in [-0.25, -0.2) is 14.8 Å². The van der Waals surface area contributed by atoms with Gasteiger partial charge in [0.25, 0.3) is 0 Å². The minimum atomic E-state index is -0.485. The van der Waals surface area contributed by atoms with Gasteiger partial charge in [-0.3, -0.25) is 0 Å². The molecule has 23 heavy (non-hydrogen) atoms. The summed E-state index contributed by atoms with van der Waals surface area (Å²) in [4.78, 5) is 19.7. The third-order valence-electron chi connectivity index (χ3n) is 2.67. The van der Waals surface area contributed by atoms with E-state index in [2.05, 4.69) is 15.3 Å². The number of hydrogen-bond acceptors (Lipinski definition) is 4. The third kappa shape index (κ3) is 6.91. The van der Waals surface area contributed by atoms with Crippen LogP contribution < -0.4 is 5.32 Å². The van der Waals surface area contributed by atoms with Gasteiger partial charge in [-0.15, -0.1) is 0 Å². The largest absolute Gasteiger partial charge is 0.444 e. The van der Waals surface area contributed by atoms with E-state index in [9.17, 15) is 4.79 Å². The first-order valence-corrected chi connectivity index (χ1v) is 7.76. The second-order valence-electron chi connectivity index (χ2n) is 5.65. The first kappa shape index (κ1) is 18.6. The van der Waals surface area contributed by atoms with E-state index in [-0.39, 0.29) is 0 Å². The van der Waals surface area contributed by atoms with Crippen LogP contribution in [-0.4, -0.2) is 21.7 Å². The fourth-order valence-electron chi connectivity index (χ4n) is 1.74. The lowest BCUT2D eigenvalue weighted by molar-refractivity contribution is 0.0523. The molecule has 0 atom stereocenters. The molecule has 0 saturated heterocycles. The zero-order valence-electron chi connectivity index (χ0n) is 14.5. The highest BCUT2D eigenvalue weighted by Gasteiger charge is 2.15. The van der Waals surface area contributed by atoms with Crippen molar-refractivity contribution in [3.63, 3.8) is 0 Å². The number of alkyl carbamates (subject to hydrolysis) is 1. The molecular formula is C18H25N3O2. The molecule has 1 heterocycles. The van der Waals surface area contributed by atoms with Crippen molar-refractivity contribution in [2.75, 3.05) is 0 Å². The minimum absolute atomic E-state index is 0.414. The highest BCUT2D eigenvalue weighted by molar-refractivity contribution is 5.67. The molecule has 0 unspecified atom stereocenters. The maximum Gasteiger partial charge on any atom is 0.407 e. The van der Waals surface area contributed by atoms with Crippen molar-refractivity contribution < 1.29 is 9.53 Å². The molecule has 0 bridgehead atoms. The van der Waals surface area contributed by atoms with Gasteiger partial charge in [0.05, 0.1) is 5.69 Å². The molecule has 0 aliphatic rings. The Balaban J connectivity index is 0.00000127. The van der Waals surface area contributed by atoms with E-state index in [0.717, 1.165) is 16.8 Å². The van der Waals surface area contributed by atoms with Gasteiger partial charge in [0.2, 0.25) is 0 Å². The standard InChI is InChI=1S/C16H19N3O2.C2H6/c1-16(2,3)21-15(20)18-10-12-4-6-13(7-5-12)14-8-9-17-11-19-14;1-2/h4-9,11H,10H2,1-3H3,(H,18,20);1-2H3. The number of aromatic nitrogens is 2. The van der Waals surface area contributed by atoms with E-state index in [1.54, 1.807) is 6.20 Å². The van der Waals surface area contributed by atoms with E-state index < -0.39 is 11.7 Å². The Morgan fingerprint density at radius 2 is 1.78 bits per heavy atom. The van der Waals surface area contributed by atoms with Crippen molar-refractivity contribution in [1.82, 2.24) is 15.3 Å². The lowest BCUT2D eigenvalue weighted by Gasteiger charge is -2.19. The third-order valence-corrected chi connectivity index (χ3v) is 2.67. The molecule has 0 saturated carbocycles. The van der Waals surface area contributed by atoms with E-state index in [1.807, 2.05) is 65.0 Å². The Hall–Kier alpha value is -2.43. The maximum absolute atomic E-state index is 11.6. The van der Waals surface area contributed by atoms with Gasteiger partial charge in [-0.1, -0.05) is 38.1 Å². The van der Waals surface area contributed by atoms with Crippen molar-refractivity contribution in [3.05, 3.63) is 48.4 Å². The molecular weight excluding hydrogens is 290 g/mol. The highest BCUT2D eigenvalue weighted by atomic mass is 16.6.